The van der Waals surface area contributed by atoms with Crippen molar-refractivity contribution in [1.82, 2.24) is 14.7 Å². The second-order valence-electron chi connectivity index (χ2n) is 4.11. The Hall–Kier alpha value is -1.32. The van der Waals surface area contributed by atoms with Crippen LogP contribution in [0.5, 0.6) is 0 Å². The van der Waals surface area contributed by atoms with Gasteiger partial charge in [-0.2, -0.15) is 5.10 Å². The minimum Gasteiger partial charge on any atom is -0.338 e. The van der Waals surface area contributed by atoms with Crippen molar-refractivity contribution >= 4 is 5.91 Å². The van der Waals surface area contributed by atoms with E-state index in [2.05, 4.69) is 12.0 Å². The van der Waals surface area contributed by atoms with E-state index >= 15 is 0 Å². The molecular formula is C10H15N3O. The van der Waals surface area contributed by atoms with Gasteiger partial charge < -0.3 is 4.90 Å². The smallest absolute Gasteiger partial charge is 0.223 e. The first-order valence-electron chi connectivity index (χ1n) is 4.90. The number of hydrogen-bond donors (Lipinski definition) is 0. The van der Waals surface area contributed by atoms with Crippen LogP contribution in [0.1, 0.15) is 18.9 Å². The summed E-state index contributed by atoms with van der Waals surface area (Å²) in [5, 5.41) is 4.08. The number of likely N-dealkylation sites (tertiary alicyclic amines) is 1. The van der Waals surface area contributed by atoms with E-state index in [9.17, 15) is 4.79 Å². The van der Waals surface area contributed by atoms with Crippen molar-refractivity contribution in [3.63, 3.8) is 0 Å². The Bertz CT molecular complexity index is 345. The van der Waals surface area contributed by atoms with Gasteiger partial charge in [0.2, 0.25) is 5.91 Å². The zero-order chi connectivity index (χ0) is 10.1. The van der Waals surface area contributed by atoms with Gasteiger partial charge in [-0.3, -0.25) is 9.48 Å². The molecule has 0 unspecified atom stereocenters. The number of amides is 1. The monoisotopic (exact) mass is 193 g/mol. The molecule has 4 nitrogen and oxygen atoms in total. The van der Waals surface area contributed by atoms with Gasteiger partial charge in [-0.1, -0.05) is 6.92 Å². The highest BCUT2D eigenvalue weighted by molar-refractivity contribution is 5.78. The fourth-order valence-corrected chi connectivity index (χ4v) is 1.90. The fourth-order valence-electron chi connectivity index (χ4n) is 1.90. The molecule has 0 radical (unpaired) electrons. The van der Waals surface area contributed by atoms with Gasteiger partial charge in [0.25, 0.3) is 0 Å². The molecule has 0 bridgehead atoms. The van der Waals surface area contributed by atoms with E-state index in [1.807, 2.05) is 24.3 Å². The Morgan fingerprint density at radius 3 is 2.93 bits per heavy atom. The summed E-state index contributed by atoms with van der Waals surface area (Å²) in [5.41, 5.74) is 1.11. The highest BCUT2D eigenvalue weighted by atomic mass is 16.2. The van der Waals surface area contributed by atoms with E-state index < -0.39 is 0 Å². The molecule has 0 aromatic carbocycles. The van der Waals surface area contributed by atoms with Crippen molar-refractivity contribution in [2.75, 3.05) is 6.54 Å². The predicted octanol–water partition coefficient (Wildman–Crippen LogP) is 0.788. The summed E-state index contributed by atoms with van der Waals surface area (Å²) < 4.78 is 1.76. The molecule has 14 heavy (non-hydrogen) atoms. The van der Waals surface area contributed by atoms with E-state index in [0.717, 1.165) is 12.1 Å². The Kier molecular flexibility index (Phi) is 2.27. The number of hydrogen-bond acceptors (Lipinski definition) is 2. The molecular weight excluding hydrogens is 178 g/mol. The van der Waals surface area contributed by atoms with Crippen LogP contribution in [0.4, 0.5) is 0 Å². The van der Waals surface area contributed by atoms with Crippen LogP contribution in [0.25, 0.3) is 0 Å². The number of aromatic nitrogens is 2. The molecule has 1 amide bonds. The molecule has 0 spiro atoms. The summed E-state index contributed by atoms with van der Waals surface area (Å²) >= 11 is 0. The van der Waals surface area contributed by atoms with E-state index in [-0.39, 0.29) is 5.91 Å². The molecule has 1 aliphatic heterocycles. The lowest BCUT2D eigenvalue weighted by Crippen LogP contribution is -2.24. The molecule has 2 rings (SSSR count). The van der Waals surface area contributed by atoms with Crippen LogP contribution in [0.2, 0.25) is 0 Å². The second kappa shape index (κ2) is 3.44. The van der Waals surface area contributed by atoms with Crippen LogP contribution < -0.4 is 0 Å². The van der Waals surface area contributed by atoms with Gasteiger partial charge in [0, 0.05) is 38.3 Å². The normalized spacial score (nSPS) is 22.0. The molecule has 1 aliphatic rings. The molecule has 4 heteroatoms. The predicted molar refractivity (Wildman–Crippen MR) is 52.4 cm³/mol. The van der Waals surface area contributed by atoms with Crippen molar-refractivity contribution in [2.24, 2.45) is 13.0 Å². The number of carbonyl (C=O) groups is 1. The molecule has 1 fully saturated rings. The first-order valence-corrected chi connectivity index (χ1v) is 4.90. The second-order valence-corrected chi connectivity index (χ2v) is 4.11. The molecule has 1 atom stereocenters. The summed E-state index contributed by atoms with van der Waals surface area (Å²) in [6.07, 6.45) is 4.47. The lowest BCUT2D eigenvalue weighted by Gasteiger charge is -2.14. The SMILES string of the molecule is C[C@H]1CC(=O)N(Cc2cnn(C)c2)C1. The number of aryl methyl sites for hydroxylation is 1. The largest absolute Gasteiger partial charge is 0.338 e. The molecule has 0 N–H and O–H groups in total. The van der Waals surface area contributed by atoms with Gasteiger partial charge in [-0.25, -0.2) is 0 Å². The molecule has 1 aromatic rings. The van der Waals surface area contributed by atoms with Crippen LogP contribution in [0.15, 0.2) is 12.4 Å². The molecule has 0 aliphatic carbocycles. The maximum atomic E-state index is 11.5. The van der Waals surface area contributed by atoms with Gasteiger partial charge in [-0.15, -0.1) is 0 Å². The standard InChI is InChI=1S/C10H15N3O/c1-8-3-10(14)13(5-8)7-9-4-11-12(2)6-9/h4,6,8H,3,5,7H2,1-2H3/t8-/m0/s1. The topological polar surface area (TPSA) is 38.1 Å². The van der Waals surface area contributed by atoms with E-state index in [1.54, 1.807) is 4.68 Å². The van der Waals surface area contributed by atoms with Crippen molar-refractivity contribution in [2.45, 2.75) is 19.9 Å². The van der Waals surface area contributed by atoms with Crippen LogP contribution in [0.3, 0.4) is 0 Å². The third-order valence-corrected chi connectivity index (χ3v) is 2.54. The van der Waals surface area contributed by atoms with E-state index in [4.69, 9.17) is 0 Å². The Balaban J connectivity index is 2.01. The zero-order valence-electron chi connectivity index (χ0n) is 8.60. The third-order valence-electron chi connectivity index (χ3n) is 2.54. The highest BCUT2D eigenvalue weighted by Gasteiger charge is 2.26. The quantitative estimate of drug-likeness (QED) is 0.696. The molecule has 1 aromatic heterocycles. The van der Waals surface area contributed by atoms with Gasteiger partial charge >= 0.3 is 0 Å². The average molecular weight is 193 g/mol. The number of carbonyl (C=O) groups excluding carboxylic acids is 1. The van der Waals surface area contributed by atoms with Crippen molar-refractivity contribution < 1.29 is 4.79 Å². The highest BCUT2D eigenvalue weighted by Crippen LogP contribution is 2.18. The lowest BCUT2D eigenvalue weighted by molar-refractivity contribution is -0.128. The van der Waals surface area contributed by atoms with E-state index in [0.29, 0.717) is 18.9 Å². The Labute approximate surface area is 83.5 Å². The Morgan fingerprint density at radius 2 is 2.43 bits per heavy atom. The summed E-state index contributed by atoms with van der Waals surface area (Å²) in [4.78, 5) is 13.4. The fraction of sp³-hybridized carbons (Fsp3) is 0.600. The lowest BCUT2D eigenvalue weighted by atomic mass is 10.2. The molecule has 2 heterocycles. The van der Waals surface area contributed by atoms with E-state index in [1.165, 1.54) is 0 Å². The summed E-state index contributed by atoms with van der Waals surface area (Å²) in [5.74, 6) is 0.764. The summed E-state index contributed by atoms with van der Waals surface area (Å²) in [7, 11) is 1.89. The molecule has 76 valence electrons. The van der Waals surface area contributed by atoms with Crippen LogP contribution in [-0.4, -0.2) is 27.1 Å². The van der Waals surface area contributed by atoms with Crippen LogP contribution >= 0.6 is 0 Å². The average Bonchev–Trinajstić information content (AvgIpc) is 2.61. The van der Waals surface area contributed by atoms with Gasteiger partial charge in [-0.05, 0) is 5.92 Å². The number of nitrogens with zero attached hydrogens (tertiary/aromatic N) is 3. The summed E-state index contributed by atoms with van der Waals surface area (Å²) in [6.45, 7) is 3.70. The molecule has 1 saturated heterocycles. The molecule has 0 saturated carbocycles. The van der Waals surface area contributed by atoms with Gasteiger partial charge in [0.15, 0.2) is 0 Å². The first kappa shape index (κ1) is 9.24. The van der Waals surface area contributed by atoms with Gasteiger partial charge in [0.05, 0.1) is 6.20 Å². The Morgan fingerprint density at radius 1 is 1.64 bits per heavy atom. The zero-order valence-corrected chi connectivity index (χ0v) is 8.60. The van der Waals surface area contributed by atoms with Crippen molar-refractivity contribution in [3.8, 4) is 0 Å². The summed E-state index contributed by atoms with van der Waals surface area (Å²) in [6, 6.07) is 0. The van der Waals surface area contributed by atoms with Crippen LogP contribution in [-0.2, 0) is 18.4 Å². The van der Waals surface area contributed by atoms with Crippen molar-refractivity contribution in [1.29, 1.82) is 0 Å². The maximum Gasteiger partial charge on any atom is 0.223 e. The number of rotatable bonds is 2. The van der Waals surface area contributed by atoms with Gasteiger partial charge in [0.1, 0.15) is 0 Å². The van der Waals surface area contributed by atoms with Crippen molar-refractivity contribution in [3.05, 3.63) is 18.0 Å². The maximum absolute atomic E-state index is 11.5. The first-order chi connectivity index (χ1) is 6.65. The minimum absolute atomic E-state index is 0.265. The van der Waals surface area contributed by atoms with Crippen LogP contribution in [0, 0.1) is 5.92 Å². The third kappa shape index (κ3) is 1.78. The minimum atomic E-state index is 0.265.